The van der Waals surface area contributed by atoms with E-state index in [1.165, 1.54) is 0 Å². The topological polar surface area (TPSA) is 44.5 Å². The van der Waals surface area contributed by atoms with Gasteiger partial charge >= 0.3 is 0 Å². The van der Waals surface area contributed by atoms with Crippen LogP contribution in [0, 0.1) is 0 Å². The summed E-state index contributed by atoms with van der Waals surface area (Å²) in [5.74, 6) is 0.880. The van der Waals surface area contributed by atoms with Gasteiger partial charge in [-0.15, -0.1) is 0 Å². The van der Waals surface area contributed by atoms with Crippen molar-refractivity contribution in [2.75, 3.05) is 6.61 Å². The molecular weight excluding hydrogens is 214 g/mol. The van der Waals surface area contributed by atoms with Gasteiger partial charge in [-0.3, -0.25) is 0 Å². The Kier molecular flexibility index (Phi) is 4.02. The van der Waals surface area contributed by atoms with Crippen molar-refractivity contribution in [2.24, 2.45) is 5.73 Å². The first-order chi connectivity index (χ1) is 8.16. The highest BCUT2D eigenvalue weighted by atomic mass is 16.5. The normalized spacial score (nSPS) is 25.8. The minimum absolute atomic E-state index is 0.00498. The number of rotatable bonds is 4. The van der Waals surface area contributed by atoms with Crippen molar-refractivity contribution in [2.45, 2.75) is 44.9 Å². The Morgan fingerprint density at radius 1 is 1.41 bits per heavy atom. The number of ether oxygens (including phenoxy) is 2. The van der Waals surface area contributed by atoms with Gasteiger partial charge in [0.1, 0.15) is 12.4 Å². The summed E-state index contributed by atoms with van der Waals surface area (Å²) in [6.45, 7) is 4.69. The van der Waals surface area contributed by atoms with Gasteiger partial charge in [-0.2, -0.15) is 0 Å². The first-order valence-electron chi connectivity index (χ1n) is 6.29. The van der Waals surface area contributed by atoms with Crippen molar-refractivity contribution < 1.29 is 9.47 Å². The third-order valence-corrected chi connectivity index (χ3v) is 3.15. The zero-order chi connectivity index (χ0) is 12.3. The number of benzene rings is 1. The minimum atomic E-state index is -0.00498. The minimum Gasteiger partial charge on any atom is -0.491 e. The second-order valence-electron chi connectivity index (χ2n) is 4.78. The second-order valence-corrected chi connectivity index (χ2v) is 4.78. The Balaban J connectivity index is 1.94. The maximum Gasteiger partial charge on any atom is 0.124 e. The summed E-state index contributed by atoms with van der Waals surface area (Å²) in [4.78, 5) is 0. The molecule has 1 aromatic carbocycles. The van der Waals surface area contributed by atoms with E-state index in [2.05, 4.69) is 6.92 Å². The summed E-state index contributed by atoms with van der Waals surface area (Å²) in [5.41, 5.74) is 6.96. The monoisotopic (exact) mass is 235 g/mol. The summed E-state index contributed by atoms with van der Waals surface area (Å²) in [6.07, 6.45) is 2.81. The van der Waals surface area contributed by atoms with Crippen LogP contribution in [0.4, 0.5) is 0 Å². The lowest BCUT2D eigenvalue weighted by molar-refractivity contribution is 0.0262. The van der Waals surface area contributed by atoms with Crippen molar-refractivity contribution in [3.63, 3.8) is 0 Å². The van der Waals surface area contributed by atoms with Crippen LogP contribution in [0.3, 0.4) is 0 Å². The highest BCUT2D eigenvalue weighted by Crippen LogP contribution is 2.25. The molecule has 2 N–H and O–H groups in total. The molecule has 0 radical (unpaired) electrons. The predicted octanol–water partition coefficient (Wildman–Crippen LogP) is 2.65. The predicted molar refractivity (Wildman–Crippen MR) is 68.1 cm³/mol. The largest absolute Gasteiger partial charge is 0.491 e. The molecule has 0 bridgehead atoms. The standard InChI is InChI=1S/C14H21NO2/c1-10-7-8-12(17-10)9-16-14-6-4-3-5-13(14)11(2)15/h3-6,10-12H,7-9,15H2,1-2H3/t10?,11-,12?/m1/s1. The van der Waals surface area contributed by atoms with E-state index in [0.717, 1.165) is 24.2 Å². The molecule has 1 aliphatic heterocycles. The molecular formula is C14H21NO2. The van der Waals surface area contributed by atoms with Crippen molar-refractivity contribution in [1.82, 2.24) is 0 Å². The Morgan fingerprint density at radius 3 is 2.82 bits per heavy atom. The van der Waals surface area contributed by atoms with Crippen LogP contribution in [-0.4, -0.2) is 18.8 Å². The Bertz CT molecular complexity index is 365. The third kappa shape index (κ3) is 3.20. The number of nitrogens with two attached hydrogens (primary N) is 1. The van der Waals surface area contributed by atoms with Crippen LogP contribution in [0.2, 0.25) is 0 Å². The Labute approximate surface area is 103 Å². The Hall–Kier alpha value is -1.06. The molecule has 94 valence electrons. The number of para-hydroxylation sites is 1. The van der Waals surface area contributed by atoms with E-state index in [-0.39, 0.29) is 12.1 Å². The van der Waals surface area contributed by atoms with E-state index >= 15 is 0 Å². The molecule has 3 nitrogen and oxygen atoms in total. The first-order valence-corrected chi connectivity index (χ1v) is 6.29. The van der Waals surface area contributed by atoms with Gasteiger partial charge in [0.15, 0.2) is 0 Å². The zero-order valence-electron chi connectivity index (χ0n) is 10.6. The molecule has 1 aromatic rings. The number of hydrogen-bond acceptors (Lipinski definition) is 3. The lowest BCUT2D eigenvalue weighted by Crippen LogP contribution is -2.19. The molecule has 0 saturated carbocycles. The molecule has 2 unspecified atom stereocenters. The molecule has 1 fully saturated rings. The van der Waals surface area contributed by atoms with E-state index < -0.39 is 0 Å². The molecule has 3 atom stereocenters. The average Bonchev–Trinajstić information content (AvgIpc) is 2.73. The van der Waals surface area contributed by atoms with E-state index in [1.807, 2.05) is 31.2 Å². The number of hydrogen-bond donors (Lipinski definition) is 1. The lowest BCUT2D eigenvalue weighted by atomic mass is 10.1. The average molecular weight is 235 g/mol. The smallest absolute Gasteiger partial charge is 0.124 e. The summed E-state index contributed by atoms with van der Waals surface area (Å²) < 4.78 is 11.6. The SMILES string of the molecule is CC1CCC(COc2ccccc2[C@@H](C)N)O1. The molecule has 1 aliphatic rings. The van der Waals surface area contributed by atoms with Gasteiger partial charge in [0.25, 0.3) is 0 Å². The van der Waals surface area contributed by atoms with Crippen molar-refractivity contribution in [3.8, 4) is 5.75 Å². The van der Waals surface area contributed by atoms with Crippen molar-refractivity contribution >= 4 is 0 Å². The van der Waals surface area contributed by atoms with Gasteiger partial charge in [-0.1, -0.05) is 18.2 Å². The van der Waals surface area contributed by atoms with Gasteiger partial charge in [-0.25, -0.2) is 0 Å². The zero-order valence-corrected chi connectivity index (χ0v) is 10.6. The van der Waals surface area contributed by atoms with Gasteiger partial charge in [0.05, 0.1) is 12.2 Å². The fourth-order valence-electron chi connectivity index (χ4n) is 2.18. The molecule has 0 amide bonds. The van der Waals surface area contributed by atoms with Gasteiger partial charge in [0.2, 0.25) is 0 Å². The molecule has 1 saturated heterocycles. The fraction of sp³-hybridized carbons (Fsp3) is 0.571. The summed E-state index contributed by atoms with van der Waals surface area (Å²) >= 11 is 0. The molecule has 0 aromatic heterocycles. The summed E-state index contributed by atoms with van der Waals surface area (Å²) in [7, 11) is 0. The van der Waals surface area contributed by atoms with Crippen molar-refractivity contribution in [3.05, 3.63) is 29.8 Å². The van der Waals surface area contributed by atoms with Gasteiger partial charge < -0.3 is 15.2 Å². The maximum atomic E-state index is 5.91. The fourth-order valence-corrected chi connectivity index (χ4v) is 2.18. The van der Waals surface area contributed by atoms with Crippen LogP contribution in [0.15, 0.2) is 24.3 Å². The van der Waals surface area contributed by atoms with Crippen LogP contribution in [0.5, 0.6) is 5.75 Å². The van der Waals surface area contributed by atoms with Gasteiger partial charge in [0, 0.05) is 11.6 Å². The lowest BCUT2D eigenvalue weighted by Gasteiger charge is -2.16. The van der Waals surface area contributed by atoms with E-state index in [9.17, 15) is 0 Å². The quantitative estimate of drug-likeness (QED) is 0.872. The first kappa shape index (κ1) is 12.4. The van der Waals surface area contributed by atoms with E-state index in [4.69, 9.17) is 15.2 Å². The van der Waals surface area contributed by atoms with Crippen LogP contribution in [0.1, 0.15) is 38.3 Å². The highest BCUT2D eigenvalue weighted by Gasteiger charge is 2.22. The molecule has 0 aliphatic carbocycles. The van der Waals surface area contributed by atoms with Gasteiger partial charge in [-0.05, 0) is 32.8 Å². The summed E-state index contributed by atoms with van der Waals surface area (Å²) in [6, 6.07) is 7.93. The molecule has 1 heterocycles. The highest BCUT2D eigenvalue weighted by molar-refractivity contribution is 5.35. The molecule has 0 spiro atoms. The summed E-state index contributed by atoms with van der Waals surface area (Å²) in [5, 5.41) is 0. The van der Waals surface area contributed by atoms with Crippen LogP contribution < -0.4 is 10.5 Å². The Morgan fingerprint density at radius 2 is 2.18 bits per heavy atom. The van der Waals surface area contributed by atoms with Crippen LogP contribution >= 0.6 is 0 Å². The van der Waals surface area contributed by atoms with Crippen LogP contribution in [-0.2, 0) is 4.74 Å². The maximum absolute atomic E-state index is 5.91. The van der Waals surface area contributed by atoms with E-state index in [0.29, 0.717) is 12.7 Å². The third-order valence-electron chi connectivity index (χ3n) is 3.15. The molecule has 2 rings (SSSR count). The van der Waals surface area contributed by atoms with E-state index in [1.54, 1.807) is 0 Å². The molecule has 3 heteroatoms. The second kappa shape index (κ2) is 5.52. The van der Waals surface area contributed by atoms with Crippen LogP contribution in [0.25, 0.3) is 0 Å². The van der Waals surface area contributed by atoms with Crippen molar-refractivity contribution in [1.29, 1.82) is 0 Å². The molecule has 17 heavy (non-hydrogen) atoms.